The molecule has 1 aliphatic carbocycles. The Labute approximate surface area is 104 Å². The smallest absolute Gasteiger partial charge is 0.223 e. The molecule has 3 heteroatoms. The van der Waals surface area contributed by atoms with E-state index in [0.29, 0.717) is 12.5 Å². The normalized spacial score (nSPS) is 30.6. The maximum absolute atomic E-state index is 12.2. The van der Waals surface area contributed by atoms with Gasteiger partial charge in [-0.2, -0.15) is 0 Å². The lowest BCUT2D eigenvalue weighted by Gasteiger charge is -2.40. The zero-order valence-electron chi connectivity index (χ0n) is 11.1. The number of hydrogen-bond acceptors (Lipinski definition) is 2. The zero-order valence-corrected chi connectivity index (χ0v) is 11.1. The number of nitrogens with zero attached hydrogens (tertiary/aromatic N) is 1. The Balaban J connectivity index is 2.15. The first-order valence-corrected chi connectivity index (χ1v) is 7.00. The molecule has 0 bridgehead atoms. The number of likely N-dealkylation sites (tertiary alicyclic amines) is 1. The Kier molecular flexibility index (Phi) is 3.76. The average Bonchev–Trinajstić information content (AvgIpc) is 2.50. The van der Waals surface area contributed by atoms with Crippen LogP contribution in [0.4, 0.5) is 0 Å². The van der Waals surface area contributed by atoms with Crippen LogP contribution in [0.25, 0.3) is 0 Å². The predicted molar refractivity (Wildman–Crippen MR) is 67.6 cm³/mol. The van der Waals surface area contributed by atoms with Gasteiger partial charge in [-0.05, 0) is 26.7 Å². The van der Waals surface area contributed by atoms with E-state index in [1.807, 2.05) is 0 Å². The molecule has 0 spiro atoms. The van der Waals surface area contributed by atoms with Gasteiger partial charge < -0.3 is 10.0 Å². The molecular weight excluding hydrogens is 214 g/mol. The minimum Gasteiger partial charge on any atom is -0.396 e. The second-order valence-electron chi connectivity index (χ2n) is 6.15. The van der Waals surface area contributed by atoms with Crippen LogP contribution in [0.2, 0.25) is 0 Å². The van der Waals surface area contributed by atoms with Gasteiger partial charge >= 0.3 is 0 Å². The van der Waals surface area contributed by atoms with E-state index in [9.17, 15) is 9.90 Å². The van der Waals surface area contributed by atoms with Crippen molar-refractivity contribution in [3.8, 4) is 0 Å². The monoisotopic (exact) mass is 239 g/mol. The first-order valence-electron chi connectivity index (χ1n) is 7.00. The molecule has 2 rings (SSSR count). The standard InChI is InChI=1S/C14H25NO2/c1-14(2)11(10-16)9-13(17)15(14)12-7-5-3-4-6-8-12/h11-12,16H,3-10H2,1-2H3. The van der Waals surface area contributed by atoms with Gasteiger partial charge in [0, 0.05) is 30.5 Å². The molecule has 1 aliphatic heterocycles. The van der Waals surface area contributed by atoms with Crippen LogP contribution in [0.1, 0.15) is 58.8 Å². The molecule has 0 aromatic heterocycles. The van der Waals surface area contributed by atoms with Crippen molar-refractivity contribution in [2.45, 2.75) is 70.4 Å². The molecule has 3 nitrogen and oxygen atoms in total. The minimum atomic E-state index is -0.166. The molecule has 98 valence electrons. The van der Waals surface area contributed by atoms with E-state index in [-0.39, 0.29) is 24.0 Å². The fourth-order valence-electron chi connectivity index (χ4n) is 3.56. The summed E-state index contributed by atoms with van der Waals surface area (Å²) in [6.45, 7) is 4.36. The molecule has 1 N–H and O–H groups in total. The van der Waals surface area contributed by atoms with Gasteiger partial charge in [0.15, 0.2) is 0 Å². The van der Waals surface area contributed by atoms with Crippen LogP contribution in [-0.2, 0) is 4.79 Å². The number of aliphatic hydroxyl groups excluding tert-OH is 1. The van der Waals surface area contributed by atoms with E-state index < -0.39 is 0 Å². The number of carbonyl (C=O) groups is 1. The third-order valence-electron chi connectivity index (χ3n) is 4.72. The van der Waals surface area contributed by atoms with Crippen LogP contribution in [0.3, 0.4) is 0 Å². The van der Waals surface area contributed by atoms with Gasteiger partial charge in [-0.3, -0.25) is 4.79 Å². The molecule has 0 radical (unpaired) electrons. The molecule has 1 saturated carbocycles. The highest BCUT2D eigenvalue weighted by molar-refractivity contribution is 5.80. The largest absolute Gasteiger partial charge is 0.396 e. The van der Waals surface area contributed by atoms with Crippen LogP contribution in [-0.4, -0.2) is 34.1 Å². The highest BCUT2D eigenvalue weighted by atomic mass is 16.3. The Morgan fingerprint density at radius 3 is 2.29 bits per heavy atom. The van der Waals surface area contributed by atoms with Crippen molar-refractivity contribution in [1.29, 1.82) is 0 Å². The number of aliphatic hydroxyl groups is 1. The fourth-order valence-corrected chi connectivity index (χ4v) is 3.56. The minimum absolute atomic E-state index is 0.109. The maximum Gasteiger partial charge on any atom is 0.223 e. The molecule has 17 heavy (non-hydrogen) atoms. The van der Waals surface area contributed by atoms with E-state index in [4.69, 9.17) is 0 Å². The van der Waals surface area contributed by atoms with Crippen LogP contribution in [0.5, 0.6) is 0 Å². The van der Waals surface area contributed by atoms with E-state index >= 15 is 0 Å². The van der Waals surface area contributed by atoms with E-state index in [1.165, 1.54) is 25.7 Å². The highest BCUT2D eigenvalue weighted by Gasteiger charge is 2.48. The van der Waals surface area contributed by atoms with E-state index in [1.54, 1.807) is 0 Å². The van der Waals surface area contributed by atoms with E-state index in [0.717, 1.165) is 12.8 Å². The van der Waals surface area contributed by atoms with Gasteiger partial charge in [-0.1, -0.05) is 25.7 Å². The first kappa shape index (κ1) is 12.9. The summed E-state index contributed by atoms with van der Waals surface area (Å²) >= 11 is 0. The average molecular weight is 239 g/mol. The summed E-state index contributed by atoms with van der Waals surface area (Å²) < 4.78 is 0. The van der Waals surface area contributed by atoms with Crippen molar-refractivity contribution in [3.05, 3.63) is 0 Å². The SMILES string of the molecule is CC1(C)C(CO)CC(=O)N1C1CCCCCC1. The number of carbonyl (C=O) groups excluding carboxylic acids is 1. The van der Waals surface area contributed by atoms with Gasteiger partial charge in [0.2, 0.25) is 5.91 Å². The van der Waals surface area contributed by atoms with Gasteiger partial charge in [-0.15, -0.1) is 0 Å². The lowest BCUT2D eigenvalue weighted by atomic mass is 9.88. The molecule has 1 saturated heterocycles. The lowest BCUT2D eigenvalue weighted by molar-refractivity contribution is -0.133. The van der Waals surface area contributed by atoms with Crippen molar-refractivity contribution in [1.82, 2.24) is 4.90 Å². The number of hydrogen-bond donors (Lipinski definition) is 1. The fraction of sp³-hybridized carbons (Fsp3) is 0.929. The maximum atomic E-state index is 12.2. The molecule has 0 aromatic rings. The van der Waals surface area contributed by atoms with Gasteiger partial charge in [0.05, 0.1) is 0 Å². The summed E-state index contributed by atoms with van der Waals surface area (Å²) in [6, 6.07) is 0.413. The summed E-state index contributed by atoms with van der Waals surface area (Å²) in [5, 5.41) is 9.41. The lowest BCUT2D eigenvalue weighted by Crippen LogP contribution is -2.50. The molecule has 0 aromatic carbocycles. The summed E-state index contributed by atoms with van der Waals surface area (Å²) in [6.07, 6.45) is 7.92. The third kappa shape index (κ3) is 2.35. The van der Waals surface area contributed by atoms with Crippen LogP contribution in [0.15, 0.2) is 0 Å². The molecular formula is C14H25NO2. The Hall–Kier alpha value is -0.570. The van der Waals surface area contributed by atoms with Crippen molar-refractivity contribution in [2.24, 2.45) is 5.92 Å². The molecule has 1 amide bonds. The second kappa shape index (κ2) is 4.97. The number of amides is 1. The predicted octanol–water partition coefficient (Wildman–Crippen LogP) is 2.33. The highest BCUT2D eigenvalue weighted by Crippen LogP contribution is 2.39. The first-order chi connectivity index (χ1) is 8.07. The Morgan fingerprint density at radius 2 is 1.82 bits per heavy atom. The summed E-state index contributed by atoms with van der Waals surface area (Å²) in [5.74, 6) is 0.360. The van der Waals surface area contributed by atoms with Gasteiger partial charge in [-0.25, -0.2) is 0 Å². The van der Waals surface area contributed by atoms with Gasteiger partial charge in [0.25, 0.3) is 0 Å². The molecule has 1 heterocycles. The van der Waals surface area contributed by atoms with Crippen molar-refractivity contribution in [3.63, 3.8) is 0 Å². The molecule has 1 unspecified atom stereocenters. The summed E-state index contributed by atoms with van der Waals surface area (Å²) in [7, 11) is 0. The van der Waals surface area contributed by atoms with Crippen LogP contribution >= 0.6 is 0 Å². The molecule has 2 fully saturated rings. The Bertz CT molecular complexity index is 280. The summed E-state index contributed by atoms with van der Waals surface area (Å²) in [5.41, 5.74) is -0.166. The van der Waals surface area contributed by atoms with Crippen molar-refractivity contribution >= 4 is 5.91 Å². The second-order valence-corrected chi connectivity index (χ2v) is 6.15. The zero-order chi connectivity index (χ0) is 12.5. The Morgan fingerprint density at radius 1 is 1.24 bits per heavy atom. The number of rotatable bonds is 2. The third-order valence-corrected chi connectivity index (χ3v) is 4.72. The van der Waals surface area contributed by atoms with E-state index in [2.05, 4.69) is 18.7 Å². The van der Waals surface area contributed by atoms with Gasteiger partial charge in [0.1, 0.15) is 0 Å². The van der Waals surface area contributed by atoms with Crippen LogP contribution < -0.4 is 0 Å². The van der Waals surface area contributed by atoms with Crippen molar-refractivity contribution in [2.75, 3.05) is 6.61 Å². The molecule has 2 aliphatic rings. The molecule has 1 atom stereocenters. The van der Waals surface area contributed by atoms with Crippen molar-refractivity contribution < 1.29 is 9.90 Å². The quantitative estimate of drug-likeness (QED) is 0.751. The summed E-state index contributed by atoms with van der Waals surface area (Å²) in [4.78, 5) is 14.3. The topological polar surface area (TPSA) is 40.5 Å². The van der Waals surface area contributed by atoms with Crippen LogP contribution in [0, 0.1) is 5.92 Å².